The molecule has 0 atom stereocenters. The van der Waals surface area contributed by atoms with Gasteiger partial charge in [-0.2, -0.15) is 0 Å². The first-order chi connectivity index (χ1) is 9.19. The van der Waals surface area contributed by atoms with Crippen molar-refractivity contribution in [1.82, 2.24) is 4.90 Å². The average Bonchev–Trinajstić information content (AvgIpc) is 2.68. The lowest BCUT2D eigenvalue weighted by molar-refractivity contribution is -0.144. The summed E-state index contributed by atoms with van der Waals surface area (Å²) >= 11 is 0. The monoisotopic (exact) mass is 269 g/mol. The summed E-state index contributed by atoms with van der Waals surface area (Å²) in [5, 5.41) is 0. The van der Waals surface area contributed by atoms with Crippen molar-refractivity contribution in [3.8, 4) is 0 Å². The minimum absolute atomic E-state index is 0.163. The van der Waals surface area contributed by atoms with Crippen molar-refractivity contribution in [2.24, 2.45) is 0 Å². The molecule has 0 aromatic rings. The molecule has 1 amide bonds. The van der Waals surface area contributed by atoms with Gasteiger partial charge in [-0.15, -0.1) is 0 Å². The Morgan fingerprint density at radius 1 is 1.11 bits per heavy atom. The number of hydrogen-bond acceptors (Lipinski definition) is 3. The molecule has 1 aliphatic rings. The Labute approximate surface area is 116 Å². The Morgan fingerprint density at radius 2 is 1.74 bits per heavy atom. The first-order valence-corrected chi connectivity index (χ1v) is 7.64. The van der Waals surface area contributed by atoms with Crippen molar-refractivity contribution in [2.45, 2.75) is 71.3 Å². The quantitative estimate of drug-likeness (QED) is 0.550. The molecule has 0 saturated heterocycles. The van der Waals surface area contributed by atoms with Crippen molar-refractivity contribution < 1.29 is 14.3 Å². The highest BCUT2D eigenvalue weighted by Crippen LogP contribution is 2.22. The van der Waals surface area contributed by atoms with E-state index in [0.717, 1.165) is 12.8 Å². The molecule has 19 heavy (non-hydrogen) atoms. The molecule has 4 nitrogen and oxygen atoms in total. The smallest absolute Gasteiger partial charge is 0.307 e. The number of amides is 1. The van der Waals surface area contributed by atoms with Crippen LogP contribution in [0.25, 0.3) is 0 Å². The van der Waals surface area contributed by atoms with Gasteiger partial charge in [0.2, 0.25) is 5.91 Å². The SMILES string of the molecule is CCOC(=O)CCN(C(=O)CC)C1CCCCCC1. The van der Waals surface area contributed by atoms with Gasteiger partial charge in [-0.25, -0.2) is 0 Å². The molecule has 0 heterocycles. The molecule has 1 rings (SSSR count). The van der Waals surface area contributed by atoms with E-state index < -0.39 is 0 Å². The Hall–Kier alpha value is -1.06. The zero-order valence-electron chi connectivity index (χ0n) is 12.3. The maximum atomic E-state index is 12.1. The number of carbonyl (C=O) groups excluding carboxylic acids is 2. The number of carbonyl (C=O) groups is 2. The molecule has 1 fully saturated rings. The van der Waals surface area contributed by atoms with E-state index in [1.807, 2.05) is 11.8 Å². The van der Waals surface area contributed by atoms with Gasteiger partial charge in [0.25, 0.3) is 0 Å². The first kappa shape index (κ1) is 16.0. The summed E-state index contributed by atoms with van der Waals surface area (Å²) in [6, 6.07) is 0.323. The van der Waals surface area contributed by atoms with E-state index in [-0.39, 0.29) is 11.9 Å². The minimum atomic E-state index is -0.204. The zero-order chi connectivity index (χ0) is 14.1. The number of hydrogen-bond donors (Lipinski definition) is 0. The molecule has 1 aliphatic carbocycles. The molecule has 0 spiro atoms. The molecule has 0 aliphatic heterocycles. The largest absolute Gasteiger partial charge is 0.466 e. The molecular formula is C15H27NO3. The molecule has 4 heteroatoms. The molecule has 0 aromatic heterocycles. The molecule has 0 N–H and O–H groups in total. The van der Waals surface area contributed by atoms with Crippen LogP contribution in [0.3, 0.4) is 0 Å². The fourth-order valence-electron chi connectivity index (χ4n) is 2.73. The second kappa shape index (κ2) is 8.94. The van der Waals surface area contributed by atoms with E-state index >= 15 is 0 Å². The summed E-state index contributed by atoms with van der Waals surface area (Å²) < 4.78 is 4.94. The first-order valence-electron chi connectivity index (χ1n) is 7.64. The summed E-state index contributed by atoms with van der Waals surface area (Å²) in [5.74, 6) is -0.0405. The van der Waals surface area contributed by atoms with Crippen molar-refractivity contribution in [3.05, 3.63) is 0 Å². The highest BCUT2D eigenvalue weighted by molar-refractivity contribution is 5.77. The third kappa shape index (κ3) is 5.62. The minimum Gasteiger partial charge on any atom is -0.466 e. The van der Waals surface area contributed by atoms with E-state index in [1.54, 1.807) is 6.92 Å². The second-order valence-corrected chi connectivity index (χ2v) is 5.14. The van der Waals surface area contributed by atoms with E-state index in [4.69, 9.17) is 4.74 Å². The third-order valence-electron chi connectivity index (χ3n) is 3.75. The van der Waals surface area contributed by atoms with Gasteiger partial charge in [0.1, 0.15) is 0 Å². The summed E-state index contributed by atoms with van der Waals surface area (Å²) in [6.07, 6.45) is 7.90. The van der Waals surface area contributed by atoms with E-state index in [9.17, 15) is 9.59 Å². The summed E-state index contributed by atoms with van der Waals surface area (Å²) in [5.41, 5.74) is 0. The number of rotatable bonds is 6. The van der Waals surface area contributed by atoms with Gasteiger partial charge in [0.15, 0.2) is 0 Å². The zero-order valence-corrected chi connectivity index (χ0v) is 12.3. The predicted octanol–water partition coefficient (Wildman–Crippen LogP) is 2.90. The van der Waals surface area contributed by atoms with Crippen LogP contribution in [0.1, 0.15) is 65.2 Å². The molecule has 0 bridgehead atoms. The van der Waals surface area contributed by atoms with Crippen LogP contribution in [-0.2, 0) is 14.3 Å². The molecule has 110 valence electrons. The van der Waals surface area contributed by atoms with E-state index in [2.05, 4.69) is 0 Å². The van der Waals surface area contributed by atoms with Crippen LogP contribution < -0.4 is 0 Å². The third-order valence-corrected chi connectivity index (χ3v) is 3.75. The number of ether oxygens (including phenoxy) is 1. The van der Waals surface area contributed by atoms with Crippen LogP contribution in [-0.4, -0.2) is 36.0 Å². The van der Waals surface area contributed by atoms with Gasteiger partial charge >= 0.3 is 5.97 Å². The van der Waals surface area contributed by atoms with Gasteiger partial charge in [-0.3, -0.25) is 9.59 Å². The topological polar surface area (TPSA) is 46.6 Å². The van der Waals surface area contributed by atoms with E-state index in [1.165, 1.54) is 25.7 Å². The lowest BCUT2D eigenvalue weighted by atomic mass is 10.1. The van der Waals surface area contributed by atoms with Crippen molar-refractivity contribution in [3.63, 3.8) is 0 Å². The van der Waals surface area contributed by atoms with Crippen LogP contribution in [0.2, 0.25) is 0 Å². The molecule has 0 aromatic carbocycles. The molecule has 0 unspecified atom stereocenters. The van der Waals surface area contributed by atoms with Crippen LogP contribution in [0.4, 0.5) is 0 Å². The van der Waals surface area contributed by atoms with Crippen LogP contribution >= 0.6 is 0 Å². The summed E-state index contributed by atoms with van der Waals surface area (Å²) in [7, 11) is 0. The van der Waals surface area contributed by atoms with Gasteiger partial charge in [0, 0.05) is 19.0 Å². The highest BCUT2D eigenvalue weighted by atomic mass is 16.5. The van der Waals surface area contributed by atoms with Gasteiger partial charge in [0.05, 0.1) is 13.0 Å². The highest BCUT2D eigenvalue weighted by Gasteiger charge is 2.24. The maximum absolute atomic E-state index is 12.1. The second-order valence-electron chi connectivity index (χ2n) is 5.14. The summed E-state index contributed by atoms with van der Waals surface area (Å²) in [6.45, 7) is 4.61. The van der Waals surface area contributed by atoms with Crippen LogP contribution in [0.5, 0.6) is 0 Å². The molecule has 1 saturated carbocycles. The van der Waals surface area contributed by atoms with Crippen molar-refractivity contribution in [1.29, 1.82) is 0 Å². The Bertz CT molecular complexity index is 283. The lowest BCUT2D eigenvalue weighted by Gasteiger charge is -2.31. The van der Waals surface area contributed by atoms with Gasteiger partial charge < -0.3 is 9.64 Å². The van der Waals surface area contributed by atoms with Gasteiger partial charge in [-0.1, -0.05) is 32.6 Å². The van der Waals surface area contributed by atoms with Gasteiger partial charge in [-0.05, 0) is 19.8 Å². The van der Waals surface area contributed by atoms with Crippen LogP contribution in [0.15, 0.2) is 0 Å². The molecular weight excluding hydrogens is 242 g/mol. The number of esters is 1. The maximum Gasteiger partial charge on any atom is 0.307 e. The average molecular weight is 269 g/mol. The standard InChI is InChI=1S/C15H27NO3/c1-3-14(17)16(12-11-15(18)19-4-2)13-9-7-5-6-8-10-13/h13H,3-12H2,1-2H3. The fourth-order valence-corrected chi connectivity index (χ4v) is 2.73. The predicted molar refractivity (Wildman–Crippen MR) is 74.7 cm³/mol. The lowest BCUT2D eigenvalue weighted by Crippen LogP contribution is -2.41. The number of nitrogens with zero attached hydrogens (tertiary/aromatic N) is 1. The van der Waals surface area contributed by atoms with Crippen molar-refractivity contribution >= 4 is 11.9 Å². The van der Waals surface area contributed by atoms with E-state index in [0.29, 0.717) is 32.0 Å². The van der Waals surface area contributed by atoms with Crippen molar-refractivity contribution in [2.75, 3.05) is 13.2 Å². The molecule has 0 radical (unpaired) electrons. The Morgan fingerprint density at radius 3 is 2.26 bits per heavy atom. The summed E-state index contributed by atoms with van der Waals surface area (Å²) in [4.78, 5) is 25.4. The normalized spacial score (nSPS) is 16.7. The fraction of sp³-hybridized carbons (Fsp3) is 0.867. The Balaban J connectivity index is 2.55. The Kier molecular flexibility index (Phi) is 7.53. The van der Waals surface area contributed by atoms with Crippen LogP contribution in [0, 0.1) is 0 Å².